The summed E-state index contributed by atoms with van der Waals surface area (Å²) in [5.41, 5.74) is 1.55. The normalized spacial score (nSPS) is 20.9. The number of nitrogens with zero attached hydrogens (tertiary/aromatic N) is 3. The van der Waals surface area contributed by atoms with E-state index in [0.29, 0.717) is 12.1 Å². The number of aromatic nitrogens is 1. The molecule has 0 unspecified atom stereocenters. The Kier molecular flexibility index (Phi) is 6.49. The SMILES string of the molecule is CC(C)NC(=O)N1[C@H](CO)[C@@H](c2ccccc2)[C@@H]1CN(C)C(=O)c1cccnc1. The fraction of sp³-hybridized carbons (Fsp3) is 0.409. The van der Waals surface area contributed by atoms with Crippen LogP contribution >= 0.6 is 0 Å². The molecule has 154 valence electrons. The number of amides is 3. The van der Waals surface area contributed by atoms with Crippen molar-refractivity contribution < 1.29 is 14.7 Å². The van der Waals surface area contributed by atoms with Crippen molar-refractivity contribution in [2.24, 2.45) is 0 Å². The minimum Gasteiger partial charge on any atom is -0.394 e. The Hall–Kier alpha value is -2.93. The second kappa shape index (κ2) is 9.05. The largest absolute Gasteiger partial charge is 0.394 e. The lowest BCUT2D eigenvalue weighted by molar-refractivity contribution is -0.0190. The van der Waals surface area contributed by atoms with Crippen molar-refractivity contribution in [1.29, 1.82) is 0 Å². The van der Waals surface area contributed by atoms with Gasteiger partial charge < -0.3 is 20.2 Å². The van der Waals surface area contributed by atoms with Crippen molar-refractivity contribution in [3.63, 3.8) is 0 Å². The van der Waals surface area contributed by atoms with Gasteiger partial charge in [-0.1, -0.05) is 30.3 Å². The number of likely N-dealkylation sites (N-methyl/N-ethyl adjacent to an activating group) is 1. The number of likely N-dealkylation sites (tertiary alicyclic amines) is 1. The molecule has 0 bridgehead atoms. The summed E-state index contributed by atoms with van der Waals surface area (Å²) in [4.78, 5) is 32.9. The molecule has 2 aromatic rings. The zero-order chi connectivity index (χ0) is 21.0. The summed E-state index contributed by atoms with van der Waals surface area (Å²) in [6.07, 6.45) is 3.16. The van der Waals surface area contributed by atoms with E-state index in [0.717, 1.165) is 5.56 Å². The molecule has 3 atom stereocenters. The first-order valence-electron chi connectivity index (χ1n) is 9.84. The molecule has 0 saturated carbocycles. The molecule has 2 N–H and O–H groups in total. The van der Waals surface area contributed by atoms with Crippen LogP contribution in [0.15, 0.2) is 54.9 Å². The van der Waals surface area contributed by atoms with E-state index >= 15 is 0 Å². The lowest BCUT2D eigenvalue weighted by Crippen LogP contribution is -2.70. The minimum atomic E-state index is -0.331. The molecule has 1 aromatic heterocycles. The van der Waals surface area contributed by atoms with E-state index in [2.05, 4.69) is 10.3 Å². The van der Waals surface area contributed by atoms with Crippen LogP contribution in [0.4, 0.5) is 4.79 Å². The predicted octanol–water partition coefficient (Wildman–Crippen LogP) is 2.10. The minimum absolute atomic E-state index is 0.0203. The third-order valence-electron chi connectivity index (χ3n) is 5.28. The first-order valence-corrected chi connectivity index (χ1v) is 9.84. The number of pyridine rings is 1. The second-order valence-electron chi connectivity index (χ2n) is 7.69. The number of rotatable bonds is 6. The van der Waals surface area contributed by atoms with Crippen molar-refractivity contribution in [1.82, 2.24) is 20.1 Å². The maximum absolute atomic E-state index is 12.8. The number of carbonyl (C=O) groups excluding carboxylic acids is 2. The van der Waals surface area contributed by atoms with Gasteiger partial charge in [-0.2, -0.15) is 0 Å². The molecule has 2 heterocycles. The molecular weight excluding hydrogens is 368 g/mol. The van der Waals surface area contributed by atoms with Crippen LogP contribution in [-0.2, 0) is 0 Å². The number of aliphatic hydroxyl groups is 1. The monoisotopic (exact) mass is 396 g/mol. The fourth-order valence-electron chi connectivity index (χ4n) is 3.97. The van der Waals surface area contributed by atoms with E-state index in [1.807, 2.05) is 44.2 Å². The summed E-state index contributed by atoms with van der Waals surface area (Å²) in [5, 5.41) is 12.9. The number of benzene rings is 1. The standard InChI is InChI=1S/C22H28N4O3/c1-15(2)24-22(29)26-18(13-25(3)21(28)17-10-7-11-23-12-17)20(19(26)14-27)16-8-5-4-6-9-16/h4-12,15,18-20,27H,13-14H2,1-3H3,(H,24,29)/t18-,19+,20-/m0/s1. The predicted molar refractivity (Wildman–Crippen MR) is 111 cm³/mol. The van der Waals surface area contributed by atoms with Gasteiger partial charge in [0.05, 0.1) is 24.3 Å². The quantitative estimate of drug-likeness (QED) is 0.783. The second-order valence-corrected chi connectivity index (χ2v) is 7.69. The molecule has 0 aliphatic carbocycles. The van der Waals surface area contributed by atoms with Gasteiger partial charge in [-0.25, -0.2) is 4.79 Å². The van der Waals surface area contributed by atoms with Crippen LogP contribution in [0, 0.1) is 0 Å². The highest BCUT2D eigenvalue weighted by molar-refractivity contribution is 5.93. The molecule has 7 heteroatoms. The maximum atomic E-state index is 12.8. The molecule has 1 aromatic carbocycles. The maximum Gasteiger partial charge on any atom is 0.318 e. The van der Waals surface area contributed by atoms with Gasteiger partial charge in [-0.05, 0) is 31.5 Å². The van der Waals surface area contributed by atoms with Gasteiger partial charge in [-0.3, -0.25) is 9.78 Å². The topological polar surface area (TPSA) is 85.8 Å². The Labute approximate surface area is 171 Å². The van der Waals surface area contributed by atoms with Crippen molar-refractivity contribution in [2.75, 3.05) is 20.2 Å². The van der Waals surface area contributed by atoms with E-state index in [-0.39, 0.29) is 42.6 Å². The summed E-state index contributed by atoms with van der Waals surface area (Å²) in [7, 11) is 1.72. The number of hydrogen-bond donors (Lipinski definition) is 2. The lowest BCUT2D eigenvalue weighted by Gasteiger charge is -2.55. The zero-order valence-electron chi connectivity index (χ0n) is 17.0. The van der Waals surface area contributed by atoms with Gasteiger partial charge in [0.2, 0.25) is 0 Å². The molecule has 3 rings (SSSR count). The Morgan fingerprint density at radius 1 is 1.17 bits per heavy atom. The number of aliphatic hydroxyl groups excluding tert-OH is 1. The van der Waals surface area contributed by atoms with E-state index < -0.39 is 0 Å². The molecule has 1 fully saturated rings. The van der Waals surface area contributed by atoms with E-state index in [9.17, 15) is 14.7 Å². The van der Waals surface area contributed by atoms with Gasteiger partial charge in [0.25, 0.3) is 5.91 Å². The summed E-state index contributed by atoms with van der Waals surface area (Å²) >= 11 is 0. The molecule has 1 aliphatic heterocycles. The van der Waals surface area contributed by atoms with Gasteiger partial charge in [0.15, 0.2) is 0 Å². The van der Waals surface area contributed by atoms with Crippen molar-refractivity contribution in [2.45, 2.75) is 37.9 Å². The molecule has 0 radical (unpaired) electrons. The summed E-state index contributed by atoms with van der Waals surface area (Å²) in [5.74, 6) is -0.204. The molecule has 7 nitrogen and oxygen atoms in total. The first kappa shape index (κ1) is 20.8. The van der Waals surface area contributed by atoms with Crippen LogP contribution in [-0.4, -0.2) is 70.2 Å². The van der Waals surface area contributed by atoms with Crippen molar-refractivity contribution >= 4 is 11.9 Å². The van der Waals surface area contributed by atoms with Crippen molar-refractivity contribution in [3.8, 4) is 0 Å². The van der Waals surface area contributed by atoms with E-state index in [1.165, 1.54) is 6.20 Å². The van der Waals surface area contributed by atoms with Crippen LogP contribution in [0.1, 0.15) is 35.7 Å². The highest BCUT2D eigenvalue weighted by Gasteiger charge is 2.51. The lowest BCUT2D eigenvalue weighted by atomic mass is 9.75. The zero-order valence-corrected chi connectivity index (χ0v) is 17.0. The molecule has 3 amide bonds. The Morgan fingerprint density at radius 3 is 2.48 bits per heavy atom. The number of nitrogens with one attached hydrogen (secondary N) is 1. The van der Waals surface area contributed by atoms with Crippen LogP contribution in [0.25, 0.3) is 0 Å². The van der Waals surface area contributed by atoms with Gasteiger partial charge >= 0.3 is 6.03 Å². The Bertz CT molecular complexity index is 828. The Morgan fingerprint density at radius 2 is 1.90 bits per heavy atom. The average Bonchev–Trinajstić information content (AvgIpc) is 2.71. The van der Waals surface area contributed by atoms with Gasteiger partial charge in [0, 0.05) is 37.9 Å². The van der Waals surface area contributed by atoms with Crippen LogP contribution < -0.4 is 5.32 Å². The van der Waals surface area contributed by atoms with Gasteiger partial charge in [-0.15, -0.1) is 0 Å². The smallest absolute Gasteiger partial charge is 0.318 e. The van der Waals surface area contributed by atoms with Crippen LogP contribution in [0.5, 0.6) is 0 Å². The molecule has 29 heavy (non-hydrogen) atoms. The highest BCUT2D eigenvalue weighted by atomic mass is 16.3. The Balaban J connectivity index is 1.85. The number of hydrogen-bond acceptors (Lipinski definition) is 4. The first-order chi connectivity index (χ1) is 13.9. The van der Waals surface area contributed by atoms with Gasteiger partial charge in [0.1, 0.15) is 0 Å². The molecular formula is C22H28N4O3. The highest BCUT2D eigenvalue weighted by Crippen LogP contribution is 2.41. The summed E-state index contributed by atoms with van der Waals surface area (Å²) in [6.45, 7) is 4.01. The van der Waals surface area contributed by atoms with Crippen LogP contribution in [0.2, 0.25) is 0 Å². The molecule has 0 spiro atoms. The molecule has 1 saturated heterocycles. The van der Waals surface area contributed by atoms with E-state index in [4.69, 9.17) is 0 Å². The average molecular weight is 396 g/mol. The summed E-state index contributed by atoms with van der Waals surface area (Å²) in [6, 6.07) is 12.5. The third kappa shape index (κ3) is 4.40. The molecule has 1 aliphatic rings. The fourth-order valence-corrected chi connectivity index (χ4v) is 3.97. The van der Waals surface area contributed by atoms with Crippen molar-refractivity contribution in [3.05, 3.63) is 66.0 Å². The van der Waals surface area contributed by atoms with Crippen LogP contribution in [0.3, 0.4) is 0 Å². The number of carbonyl (C=O) groups is 2. The summed E-state index contributed by atoms with van der Waals surface area (Å²) < 4.78 is 0. The third-order valence-corrected chi connectivity index (χ3v) is 5.28. The number of urea groups is 1. The van der Waals surface area contributed by atoms with E-state index in [1.54, 1.807) is 35.2 Å².